The second-order valence-corrected chi connectivity index (χ2v) is 9.70. The van der Waals surface area contributed by atoms with Crippen molar-refractivity contribution in [2.24, 2.45) is 0 Å². The lowest BCUT2D eigenvalue weighted by Gasteiger charge is -2.35. The van der Waals surface area contributed by atoms with E-state index in [1.807, 2.05) is 46.9 Å². The zero-order valence-corrected chi connectivity index (χ0v) is 20.9. The van der Waals surface area contributed by atoms with E-state index in [9.17, 15) is 18.7 Å². The van der Waals surface area contributed by atoms with E-state index in [4.69, 9.17) is 4.74 Å². The molecule has 1 amide bonds. The molecule has 2 fully saturated rings. The maximum atomic E-state index is 13.6. The van der Waals surface area contributed by atoms with Gasteiger partial charge in [0, 0.05) is 37.9 Å². The van der Waals surface area contributed by atoms with Crippen LogP contribution in [0.5, 0.6) is 5.75 Å². The molecule has 3 heterocycles. The van der Waals surface area contributed by atoms with E-state index < -0.39 is 17.7 Å². The van der Waals surface area contributed by atoms with Crippen molar-refractivity contribution in [3.05, 3.63) is 83.0 Å². The summed E-state index contributed by atoms with van der Waals surface area (Å²) >= 11 is 0. The molecule has 0 saturated carbocycles. The molecule has 2 aromatic carbocycles. The number of carbonyl (C=O) groups is 1. The molecule has 2 aliphatic heterocycles. The van der Waals surface area contributed by atoms with Crippen molar-refractivity contribution >= 4 is 12.0 Å². The maximum Gasteiger partial charge on any atom is 0.250 e. The van der Waals surface area contributed by atoms with Crippen LogP contribution >= 0.6 is 0 Å². The minimum Gasteiger partial charge on any atom is -0.495 e. The summed E-state index contributed by atoms with van der Waals surface area (Å²) in [4.78, 5) is 21.4. The molecule has 2 aliphatic rings. The second kappa shape index (κ2) is 10.4. The van der Waals surface area contributed by atoms with Gasteiger partial charge in [-0.05, 0) is 61.2 Å². The number of β-amino-alcohol motifs (C(OH)–C–C–N with tert-alkyl or cyclic N) is 1. The van der Waals surface area contributed by atoms with Crippen LogP contribution < -0.4 is 4.74 Å². The summed E-state index contributed by atoms with van der Waals surface area (Å²) in [5.41, 5.74) is 3.93. The monoisotopic (exact) mass is 508 g/mol. The first-order valence-corrected chi connectivity index (χ1v) is 12.4. The van der Waals surface area contributed by atoms with Crippen LogP contribution in [0.15, 0.2) is 54.5 Å². The number of hydrogen-bond acceptors (Lipinski definition) is 5. The van der Waals surface area contributed by atoms with Crippen LogP contribution in [0.4, 0.5) is 8.78 Å². The standard InChI is InChI=1S/C28H30F2N4O3/c1-18-13-33(17-31-18)24-8-6-19(12-27(24)37-2)10-21-4-3-9-34(28(21)36)25-15-32(16-26(25)35)14-20-5-7-22(29)23(30)11-20/h5-8,10-13,17,25-26,35H,3-4,9,14-16H2,1-2H3/b21-10+/t25-,26-/m1/s1. The number of aromatic nitrogens is 2. The fourth-order valence-electron chi connectivity index (χ4n) is 5.21. The Balaban J connectivity index is 1.31. The predicted octanol–water partition coefficient (Wildman–Crippen LogP) is 3.72. The molecule has 37 heavy (non-hydrogen) atoms. The molecular weight excluding hydrogens is 478 g/mol. The van der Waals surface area contributed by atoms with Gasteiger partial charge in [-0.2, -0.15) is 0 Å². The molecule has 2 atom stereocenters. The van der Waals surface area contributed by atoms with Gasteiger partial charge in [-0.15, -0.1) is 0 Å². The second-order valence-electron chi connectivity index (χ2n) is 9.70. The minimum atomic E-state index is -0.889. The number of benzene rings is 2. The number of carbonyl (C=O) groups excluding carboxylic acids is 1. The molecule has 5 rings (SSSR count). The number of aliphatic hydroxyl groups excluding tert-OH is 1. The first kappa shape index (κ1) is 25.1. The molecule has 1 N–H and O–H groups in total. The summed E-state index contributed by atoms with van der Waals surface area (Å²) in [6.45, 7) is 3.69. The molecule has 1 aromatic heterocycles. The number of rotatable bonds is 6. The number of aryl methyl sites for hydroxylation is 1. The van der Waals surface area contributed by atoms with Crippen LogP contribution in [0.1, 0.15) is 29.7 Å². The van der Waals surface area contributed by atoms with Gasteiger partial charge >= 0.3 is 0 Å². The van der Waals surface area contributed by atoms with Crippen LogP contribution in [-0.4, -0.2) is 69.3 Å². The minimum absolute atomic E-state index is 0.0849. The zero-order valence-electron chi connectivity index (χ0n) is 20.9. The topological polar surface area (TPSA) is 70.8 Å². The Morgan fingerprint density at radius 3 is 2.73 bits per heavy atom. The Bertz CT molecular complexity index is 1340. The van der Waals surface area contributed by atoms with Crippen molar-refractivity contribution in [2.45, 2.75) is 38.5 Å². The van der Waals surface area contributed by atoms with Gasteiger partial charge in [-0.1, -0.05) is 12.1 Å². The van der Waals surface area contributed by atoms with Crippen molar-refractivity contribution in [3.63, 3.8) is 0 Å². The lowest BCUT2D eigenvalue weighted by atomic mass is 9.98. The first-order chi connectivity index (χ1) is 17.8. The van der Waals surface area contributed by atoms with Gasteiger partial charge in [0.25, 0.3) is 0 Å². The third kappa shape index (κ3) is 5.28. The molecule has 7 nitrogen and oxygen atoms in total. The molecule has 0 unspecified atom stereocenters. The van der Waals surface area contributed by atoms with Gasteiger partial charge in [0.05, 0.1) is 37.0 Å². The van der Waals surface area contributed by atoms with Crippen LogP contribution in [0.25, 0.3) is 11.8 Å². The van der Waals surface area contributed by atoms with Gasteiger partial charge in [-0.25, -0.2) is 13.8 Å². The highest BCUT2D eigenvalue weighted by Gasteiger charge is 2.39. The van der Waals surface area contributed by atoms with E-state index in [0.29, 0.717) is 49.5 Å². The molecule has 2 saturated heterocycles. The summed E-state index contributed by atoms with van der Waals surface area (Å²) in [7, 11) is 1.61. The number of methoxy groups -OCH3 is 1. The smallest absolute Gasteiger partial charge is 0.250 e. The Morgan fingerprint density at radius 2 is 2.00 bits per heavy atom. The van der Waals surface area contributed by atoms with E-state index in [-0.39, 0.29) is 11.9 Å². The quantitative estimate of drug-likeness (QED) is 0.514. The summed E-state index contributed by atoms with van der Waals surface area (Å²) in [5.74, 6) is -1.19. The molecule has 0 radical (unpaired) electrons. The molecule has 0 aliphatic carbocycles. The number of nitrogens with zero attached hydrogens (tertiary/aromatic N) is 4. The van der Waals surface area contributed by atoms with Crippen LogP contribution in [0.2, 0.25) is 0 Å². The van der Waals surface area contributed by atoms with Crippen molar-refractivity contribution in [2.75, 3.05) is 26.7 Å². The van der Waals surface area contributed by atoms with Crippen LogP contribution in [0, 0.1) is 18.6 Å². The molecule has 9 heteroatoms. The number of hydrogen-bond donors (Lipinski definition) is 1. The fraction of sp³-hybridized carbons (Fsp3) is 0.357. The summed E-state index contributed by atoms with van der Waals surface area (Å²) in [5, 5.41) is 10.8. The average molecular weight is 509 g/mol. The molecule has 0 bridgehead atoms. The number of amides is 1. The number of aliphatic hydroxyl groups is 1. The Labute approximate surface area is 214 Å². The van der Waals surface area contributed by atoms with Crippen molar-refractivity contribution < 1.29 is 23.4 Å². The molecule has 3 aromatic rings. The number of likely N-dealkylation sites (tertiary alicyclic amines) is 2. The number of piperidine rings is 1. The van der Waals surface area contributed by atoms with Gasteiger partial charge in [0.15, 0.2) is 11.6 Å². The average Bonchev–Trinajstić information content (AvgIpc) is 3.47. The lowest BCUT2D eigenvalue weighted by Crippen LogP contribution is -2.49. The number of imidazole rings is 1. The van der Waals surface area contributed by atoms with E-state index >= 15 is 0 Å². The van der Waals surface area contributed by atoms with Gasteiger partial charge in [-0.3, -0.25) is 9.69 Å². The highest BCUT2D eigenvalue weighted by atomic mass is 19.2. The predicted molar refractivity (Wildman–Crippen MR) is 135 cm³/mol. The van der Waals surface area contributed by atoms with Crippen LogP contribution in [-0.2, 0) is 11.3 Å². The van der Waals surface area contributed by atoms with E-state index in [2.05, 4.69) is 4.98 Å². The lowest BCUT2D eigenvalue weighted by molar-refractivity contribution is -0.132. The summed E-state index contributed by atoms with van der Waals surface area (Å²) in [6.07, 6.45) is 6.28. The zero-order chi connectivity index (χ0) is 26.1. The first-order valence-electron chi connectivity index (χ1n) is 12.4. The summed E-state index contributed by atoms with van der Waals surface area (Å²) < 4.78 is 34.4. The highest BCUT2D eigenvalue weighted by Crippen LogP contribution is 2.29. The van der Waals surface area contributed by atoms with E-state index in [0.717, 1.165) is 29.4 Å². The molecule has 194 valence electrons. The third-order valence-corrected chi connectivity index (χ3v) is 7.04. The van der Waals surface area contributed by atoms with Crippen molar-refractivity contribution in [3.8, 4) is 11.4 Å². The maximum absolute atomic E-state index is 13.6. The fourth-order valence-corrected chi connectivity index (χ4v) is 5.21. The van der Waals surface area contributed by atoms with Crippen molar-refractivity contribution in [1.29, 1.82) is 0 Å². The third-order valence-electron chi connectivity index (χ3n) is 7.04. The SMILES string of the molecule is COc1cc(/C=C2\CCCN([C@@H]3CN(Cc4ccc(F)c(F)c4)C[C@H]3O)C2=O)ccc1-n1cnc(C)c1. The van der Waals surface area contributed by atoms with Gasteiger partial charge in [0.1, 0.15) is 5.75 Å². The molecule has 0 spiro atoms. The molecular formula is C28H30F2N4O3. The summed E-state index contributed by atoms with van der Waals surface area (Å²) in [6, 6.07) is 9.25. The van der Waals surface area contributed by atoms with E-state index in [1.165, 1.54) is 6.07 Å². The van der Waals surface area contributed by atoms with Crippen molar-refractivity contribution in [1.82, 2.24) is 19.4 Å². The Hall–Kier alpha value is -3.56. The Kier molecular flexibility index (Phi) is 7.08. The Morgan fingerprint density at radius 1 is 1.16 bits per heavy atom. The van der Waals surface area contributed by atoms with Gasteiger partial charge < -0.3 is 19.3 Å². The number of halogens is 2. The normalized spacial score (nSPS) is 21.7. The highest BCUT2D eigenvalue weighted by molar-refractivity contribution is 5.98. The van der Waals surface area contributed by atoms with Crippen LogP contribution in [0.3, 0.4) is 0 Å². The largest absolute Gasteiger partial charge is 0.495 e. The number of ether oxygens (including phenoxy) is 1. The van der Waals surface area contributed by atoms with E-state index in [1.54, 1.807) is 24.4 Å². The van der Waals surface area contributed by atoms with Gasteiger partial charge in [0.2, 0.25) is 5.91 Å².